The van der Waals surface area contributed by atoms with Gasteiger partial charge in [0, 0.05) is 18.4 Å². The molecule has 2 aromatic rings. The van der Waals surface area contributed by atoms with E-state index in [-0.39, 0.29) is 11.4 Å². The molecule has 24 heavy (non-hydrogen) atoms. The number of carbonyl (C=O) groups excluding carboxylic acids is 1. The predicted octanol–water partition coefficient (Wildman–Crippen LogP) is 3.82. The number of carbonyl (C=O) groups is 1. The zero-order valence-electron chi connectivity index (χ0n) is 13.2. The number of nitrogens with one attached hydrogen (secondary N) is 2. The number of hydrogen-bond acceptors (Lipinski definition) is 4. The van der Waals surface area contributed by atoms with E-state index in [9.17, 15) is 18.0 Å². The van der Waals surface area contributed by atoms with E-state index in [1.807, 2.05) is 13.8 Å². The standard InChI is InChI=1S/C16H17F3N4O/c1-10(2)9-21-15-20-7-6-13(23-15)14(24)22-12-5-3-4-11(8-12)16(17,18)19/h3-8,10H,9H2,1-2H3,(H,22,24)(H,20,21,23). The third kappa shape index (κ3) is 4.94. The molecular formula is C16H17F3N4O. The van der Waals surface area contributed by atoms with Crippen molar-refractivity contribution in [2.45, 2.75) is 20.0 Å². The first-order valence-electron chi connectivity index (χ1n) is 7.31. The fourth-order valence-electron chi connectivity index (χ4n) is 1.83. The molecule has 0 saturated carbocycles. The Hall–Kier alpha value is -2.64. The van der Waals surface area contributed by atoms with E-state index in [4.69, 9.17) is 0 Å². The fraction of sp³-hybridized carbons (Fsp3) is 0.312. The quantitative estimate of drug-likeness (QED) is 0.870. The van der Waals surface area contributed by atoms with Gasteiger partial charge in [-0.2, -0.15) is 13.2 Å². The minimum Gasteiger partial charge on any atom is -0.354 e. The van der Waals surface area contributed by atoms with Crippen LogP contribution in [0.25, 0.3) is 0 Å². The molecule has 0 spiro atoms. The highest BCUT2D eigenvalue weighted by Gasteiger charge is 2.30. The summed E-state index contributed by atoms with van der Waals surface area (Å²) in [7, 11) is 0. The molecule has 0 radical (unpaired) electrons. The van der Waals surface area contributed by atoms with Crippen LogP contribution < -0.4 is 10.6 Å². The van der Waals surface area contributed by atoms with Crippen LogP contribution in [0.1, 0.15) is 29.9 Å². The van der Waals surface area contributed by atoms with Gasteiger partial charge in [-0.25, -0.2) is 9.97 Å². The molecule has 0 aliphatic rings. The second-order valence-corrected chi connectivity index (χ2v) is 5.57. The lowest BCUT2D eigenvalue weighted by atomic mass is 10.2. The number of rotatable bonds is 5. The Morgan fingerprint density at radius 1 is 1.25 bits per heavy atom. The van der Waals surface area contributed by atoms with Crippen LogP contribution in [-0.4, -0.2) is 22.4 Å². The van der Waals surface area contributed by atoms with Crippen molar-refractivity contribution in [2.75, 3.05) is 17.2 Å². The maximum atomic E-state index is 12.7. The number of anilines is 2. The number of benzene rings is 1. The van der Waals surface area contributed by atoms with Crippen LogP contribution in [0, 0.1) is 5.92 Å². The van der Waals surface area contributed by atoms with Gasteiger partial charge in [0.15, 0.2) is 0 Å². The van der Waals surface area contributed by atoms with E-state index in [0.29, 0.717) is 18.4 Å². The average molecular weight is 338 g/mol. The first-order valence-corrected chi connectivity index (χ1v) is 7.31. The van der Waals surface area contributed by atoms with Crippen molar-refractivity contribution in [1.82, 2.24) is 9.97 Å². The highest BCUT2D eigenvalue weighted by atomic mass is 19.4. The Bertz CT molecular complexity index is 716. The molecule has 0 aliphatic carbocycles. The molecule has 1 aromatic carbocycles. The summed E-state index contributed by atoms with van der Waals surface area (Å²) in [6.07, 6.45) is -3.06. The van der Waals surface area contributed by atoms with Crippen molar-refractivity contribution < 1.29 is 18.0 Å². The maximum Gasteiger partial charge on any atom is 0.416 e. The Kier molecular flexibility index (Phi) is 5.38. The van der Waals surface area contributed by atoms with Crippen molar-refractivity contribution in [3.8, 4) is 0 Å². The van der Waals surface area contributed by atoms with E-state index in [0.717, 1.165) is 12.1 Å². The lowest BCUT2D eigenvalue weighted by molar-refractivity contribution is -0.137. The number of hydrogen-bond donors (Lipinski definition) is 2. The largest absolute Gasteiger partial charge is 0.416 e. The Morgan fingerprint density at radius 2 is 2.00 bits per heavy atom. The molecular weight excluding hydrogens is 321 g/mol. The summed E-state index contributed by atoms with van der Waals surface area (Å²) in [5.41, 5.74) is -0.721. The van der Waals surface area contributed by atoms with Crippen molar-refractivity contribution >= 4 is 17.5 Å². The smallest absolute Gasteiger partial charge is 0.354 e. The number of alkyl halides is 3. The highest BCUT2D eigenvalue weighted by molar-refractivity contribution is 6.03. The minimum absolute atomic E-state index is 0.0464. The van der Waals surface area contributed by atoms with Crippen LogP contribution >= 0.6 is 0 Å². The molecule has 2 rings (SSSR count). The highest BCUT2D eigenvalue weighted by Crippen LogP contribution is 2.30. The normalized spacial score (nSPS) is 11.4. The molecule has 0 atom stereocenters. The molecule has 0 unspecified atom stereocenters. The van der Waals surface area contributed by atoms with Gasteiger partial charge in [0.1, 0.15) is 5.69 Å². The van der Waals surface area contributed by atoms with Crippen LogP contribution in [0.2, 0.25) is 0 Å². The number of aromatic nitrogens is 2. The Labute approximate surface area is 137 Å². The molecule has 1 heterocycles. The Morgan fingerprint density at radius 3 is 2.67 bits per heavy atom. The molecule has 0 saturated heterocycles. The van der Waals surface area contributed by atoms with Crippen molar-refractivity contribution in [3.63, 3.8) is 0 Å². The second-order valence-electron chi connectivity index (χ2n) is 5.57. The van der Waals surface area contributed by atoms with Gasteiger partial charge in [-0.05, 0) is 30.2 Å². The van der Waals surface area contributed by atoms with Gasteiger partial charge < -0.3 is 10.6 Å². The van der Waals surface area contributed by atoms with E-state index >= 15 is 0 Å². The summed E-state index contributed by atoms with van der Waals surface area (Å²) in [5.74, 6) is 0.0564. The molecule has 128 valence electrons. The topological polar surface area (TPSA) is 66.9 Å². The lowest BCUT2D eigenvalue weighted by Gasteiger charge is -2.10. The molecule has 0 aliphatic heterocycles. The number of amides is 1. The maximum absolute atomic E-state index is 12.7. The van der Waals surface area contributed by atoms with Crippen LogP contribution in [0.15, 0.2) is 36.5 Å². The number of nitrogens with zero attached hydrogens (tertiary/aromatic N) is 2. The number of halogens is 3. The summed E-state index contributed by atoms with van der Waals surface area (Å²) in [6.45, 7) is 4.66. The van der Waals surface area contributed by atoms with Gasteiger partial charge in [-0.3, -0.25) is 4.79 Å². The van der Waals surface area contributed by atoms with E-state index in [1.54, 1.807) is 0 Å². The summed E-state index contributed by atoms with van der Waals surface area (Å²) >= 11 is 0. The molecule has 0 fully saturated rings. The first-order chi connectivity index (χ1) is 11.3. The van der Waals surface area contributed by atoms with Crippen LogP contribution in [0.3, 0.4) is 0 Å². The SMILES string of the molecule is CC(C)CNc1nccc(C(=O)Nc2cccc(C(F)(F)F)c2)n1. The summed E-state index contributed by atoms with van der Waals surface area (Å²) < 4.78 is 38.1. The van der Waals surface area contributed by atoms with Crippen molar-refractivity contribution in [2.24, 2.45) is 5.92 Å². The molecule has 2 N–H and O–H groups in total. The molecule has 1 aromatic heterocycles. The van der Waals surface area contributed by atoms with Crippen LogP contribution in [0.5, 0.6) is 0 Å². The zero-order chi connectivity index (χ0) is 17.7. The van der Waals surface area contributed by atoms with Gasteiger partial charge in [-0.15, -0.1) is 0 Å². The summed E-state index contributed by atoms with van der Waals surface area (Å²) in [6, 6.07) is 5.81. The van der Waals surface area contributed by atoms with Gasteiger partial charge in [-0.1, -0.05) is 19.9 Å². The average Bonchev–Trinajstić information content (AvgIpc) is 2.52. The van der Waals surface area contributed by atoms with Gasteiger partial charge in [0.2, 0.25) is 5.95 Å². The van der Waals surface area contributed by atoms with Gasteiger partial charge in [0.25, 0.3) is 5.91 Å². The predicted molar refractivity (Wildman–Crippen MR) is 84.8 cm³/mol. The van der Waals surface area contributed by atoms with Crippen LogP contribution in [0.4, 0.5) is 24.8 Å². The Balaban J connectivity index is 2.11. The molecule has 1 amide bonds. The summed E-state index contributed by atoms with van der Waals surface area (Å²) in [4.78, 5) is 20.2. The van der Waals surface area contributed by atoms with Crippen molar-refractivity contribution in [1.29, 1.82) is 0 Å². The van der Waals surface area contributed by atoms with E-state index in [2.05, 4.69) is 20.6 Å². The second kappa shape index (κ2) is 7.29. The monoisotopic (exact) mass is 338 g/mol. The third-order valence-corrected chi connectivity index (χ3v) is 3.00. The minimum atomic E-state index is -4.47. The van der Waals surface area contributed by atoms with Gasteiger partial charge in [0.05, 0.1) is 5.56 Å². The van der Waals surface area contributed by atoms with Gasteiger partial charge >= 0.3 is 6.18 Å². The van der Waals surface area contributed by atoms with E-state index < -0.39 is 17.6 Å². The lowest BCUT2D eigenvalue weighted by Crippen LogP contribution is -2.17. The first kappa shape index (κ1) is 17.7. The molecule has 5 nitrogen and oxygen atoms in total. The molecule has 0 bridgehead atoms. The van der Waals surface area contributed by atoms with Crippen molar-refractivity contribution in [3.05, 3.63) is 47.8 Å². The zero-order valence-corrected chi connectivity index (χ0v) is 13.2. The third-order valence-electron chi connectivity index (χ3n) is 3.00. The summed E-state index contributed by atoms with van der Waals surface area (Å²) in [5, 5.41) is 5.39. The van der Waals surface area contributed by atoms with Crippen LogP contribution in [-0.2, 0) is 6.18 Å². The van der Waals surface area contributed by atoms with E-state index in [1.165, 1.54) is 24.4 Å². The fourth-order valence-corrected chi connectivity index (χ4v) is 1.83. The molecule has 8 heteroatoms.